The van der Waals surface area contributed by atoms with Crippen molar-refractivity contribution in [3.05, 3.63) is 29.0 Å². The molecule has 3 aromatic rings. The molecule has 0 unspecified atom stereocenters. The minimum Gasteiger partial charge on any atom is -0.309 e. The maximum atomic E-state index is 12.3. The smallest absolute Gasteiger partial charge is 0.182 e. The van der Waals surface area contributed by atoms with Crippen LogP contribution in [0.15, 0.2) is 23.1 Å². The Morgan fingerprint density at radius 3 is 2.65 bits per heavy atom. The van der Waals surface area contributed by atoms with Gasteiger partial charge in [-0.15, -0.1) is 5.10 Å². The average Bonchev–Trinajstić information content (AvgIpc) is 2.83. The minimum absolute atomic E-state index is 0.0355. The average molecular weight is 352 g/mol. The fourth-order valence-electron chi connectivity index (χ4n) is 2.28. The molecule has 0 radical (unpaired) electrons. The van der Waals surface area contributed by atoms with E-state index in [4.69, 9.17) is 11.6 Å². The first kappa shape index (κ1) is 15.8. The third-order valence-corrected chi connectivity index (χ3v) is 5.46. The number of aryl methyl sites for hydroxylation is 2. The van der Waals surface area contributed by atoms with Crippen molar-refractivity contribution in [1.82, 2.24) is 24.7 Å². The second kappa shape index (κ2) is 5.54. The number of nitrogens with zero attached hydrogens (tertiary/aromatic N) is 5. The summed E-state index contributed by atoms with van der Waals surface area (Å²) >= 11 is 5.97. The molecule has 120 valence electrons. The number of halogens is 1. The van der Waals surface area contributed by atoms with Gasteiger partial charge < -0.3 is 4.57 Å². The van der Waals surface area contributed by atoms with E-state index in [1.54, 1.807) is 24.6 Å². The molecule has 0 fully saturated rings. The van der Waals surface area contributed by atoms with E-state index in [2.05, 4.69) is 20.2 Å². The molecule has 0 atom stereocenters. The minimum atomic E-state index is -3.47. The molecule has 3 rings (SSSR count). The summed E-state index contributed by atoms with van der Waals surface area (Å²) in [5, 5.41) is 8.30. The van der Waals surface area contributed by atoms with Crippen molar-refractivity contribution >= 4 is 32.6 Å². The number of aromatic nitrogens is 5. The van der Waals surface area contributed by atoms with Gasteiger partial charge in [0.15, 0.2) is 21.3 Å². The molecule has 0 aliphatic rings. The number of imidazole rings is 1. The Morgan fingerprint density at radius 2 is 1.96 bits per heavy atom. The van der Waals surface area contributed by atoms with Crippen LogP contribution in [0.25, 0.3) is 22.7 Å². The first-order valence-corrected chi connectivity index (χ1v) is 8.93. The molecular weight excluding hydrogens is 338 g/mol. The van der Waals surface area contributed by atoms with E-state index in [-0.39, 0.29) is 21.5 Å². The largest absolute Gasteiger partial charge is 0.309 e. The first-order valence-electron chi connectivity index (χ1n) is 6.90. The molecule has 9 heteroatoms. The third-order valence-electron chi connectivity index (χ3n) is 3.49. The van der Waals surface area contributed by atoms with Crippen LogP contribution in [0.3, 0.4) is 0 Å². The molecule has 0 saturated heterocycles. The summed E-state index contributed by atoms with van der Waals surface area (Å²) < 4.78 is 26.3. The molecular formula is C14H14ClN5O2S. The van der Waals surface area contributed by atoms with Gasteiger partial charge in [-0.25, -0.2) is 18.4 Å². The van der Waals surface area contributed by atoms with Crippen molar-refractivity contribution < 1.29 is 8.42 Å². The van der Waals surface area contributed by atoms with E-state index in [0.717, 1.165) is 5.69 Å². The molecule has 0 aliphatic carbocycles. The summed E-state index contributed by atoms with van der Waals surface area (Å²) in [6.07, 6.45) is 0. The van der Waals surface area contributed by atoms with Crippen molar-refractivity contribution in [2.45, 2.75) is 18.7 Å². The predicted octanol–water partition coefficient (Wildman–Crippen LogP) is 2.18. The van der Waals surface area contributed by atoms with Crippen LogP contribution < -0.4 is 0 Å². The van der Waals surface area contributed by atoms with E-state index in [9.17, 15) is 8.42 Å². The number of sulfone groups is 1. The maximum absolute atomic E-state index is 12.3. The molecule has 0 aliphatic heterocycles. The van der Waals surface area contributed by atoms with Crippen LogP contribution in [0.4, 0.5) is 0 Å². The van der Waals surface area contributed by atoms with Gasteiger partial charge in [0, 0.05) is 7.05 Å². The zero-order chi connectivity index (χ0) is 16.8. The van der Waals surface area contributed by atoms with E-state index >= 15 is 0 Å². The van der Waals surface area contributed by atoms with Gasteiger partial charge in [-0.1, -0.05) is 18.5 Å². The Labute approximate surface area is 138 Å². The molecule has 0 saturated carbocycles. The van der Waals surface area contributed by atoms with Crippen molar-refractivity contribution in [3.8, 4) is 11.5 Å². The summed E-state index contributed by atoms with van der Waals surface area (Å²) in [4.78, 5) is 8.76. The van der Waals surface area contributed by atoms with E-state index in [0.29, 0.717) is 17.0 Å². The van der Waals surface area contributed by atoms with Gasteiger partial charge in [-0.05, 0) is 25.1 Å². The Hall–Kier alpha value is -2.06. The quantitative estimate of drug-likeness (QED) is 0.672. The lowest BCUT2D eigenvalue weighted by molar-refractivity contribution is 0.597. The van der Waals surface area contributed by atoms with Gasteiger partial charge in [0.25, 0.3) is 0 Å². The number of hydrogen-bond donors (Lipinski definition) is 0. The van der Waals surface area contributed by atoms with Crippen molar-refractivity contribution in [2.75, 3.05) is 5.75 Å². The van der Waals surface area contributed by atoms with E-state index in [1.807, 2.05) is 6.92 Å². The Morgan fingerprint density at radius 1 is 1.22 bits per heavy atom. The summed E-state index contributed by atoms with van der Waals surface area (Å²) in [5.41, 5.74) is 2.11. The van der Waals surface area contributed by atoms with E-state index < -0.39 is 9.84 Å². The number of rotatable bonds is 3. The summed E-state index contributed by atoms with van der Waals surface area (Å²) in [5.74, 6) is 0.348. The zero-order valence-corrected chi connectivity index (χ0v) is 14.4. The van der Waals surface area contributed by atoms with Gasteiger partial charge >= 0.3 is 0 Å². The van der Waals surface area contributed by atoms with Crippen LogP contribution >= 0.6 is 11.6 Å². The lowest BCUT2D eigenvalue weighted by Crippen LogP contribution is -2.08. The first-order chi connectivity index (χ1) is 10.8. The topological polar surface area (TPSA) is 90.6 Å². The zero-order valence-electron chi connectivity index (χ0n) is 12.8. The molecule has 0 bridgehead atoms. The molecule has 0 spiro atoms. The molecule has 23 heavy (non-hydrogen) atoms. The van der Waals surface area contributed by atoms with Crippen LogP contribution in [-0.4, -0.2) is 38.9 Å². The highest BCUT2D eigenvalue weighted by molar-refractivity contribution is 7.91. The normalized spacial score (nSPS) is 12.0. The second-order valence-corrected chi connectivity index (χ2v) is 7.71. The molecule has 3 aromatic heterocycles. The Balaban J connectivity index is 2.35. The fourth-order valence-corrected chi connectivity index (χ4v) is 3.45. The highest BCUT2D eigenvalue weighted by atomic mass is 35.5. The summed E-state index contributed by atoms with van der Waals surface area (Å²) in [7, 11) is -1.73. The summed E-state index contributed by atoms with van der Waals surface area (Å²) in [6.45, 7) is 3.39. The lowest BCUT2D eigenvalue weighted by Gasteiger charge is -2.08. The van der Waals surface area contributed by atoms with Crippen molar-refractivity contribution in [1.29, 1.82) is 0 Å². The summed E-state index contributed by atoms with van der Waals surface area (Å²) in [6, 6.07) is 4.70. The number of fused-ring (bicyclic) bond motifs is 1. The molecule has 0 amide bonds. The van der Waals surface area contributed by atoms with Crippen molar-refractivity contribution in [2.24, 2.45) is 7.05 Å². The molecule has 0 N–H and O–H groups in total. The van der Waals surface area contributed by atoms with Gasteiger partial charge in [0.1, 0.15) is 16.4 Å². The highest BCUT2D eigenvalue weighted by Gasteiger charge is 2.23. The Kier molecular flexibility index (Phi) is 3.81. The monoisotopic (exact) mass is 351 g/mol. The van der Waals surface area contributed by atoms with Crippen LogP contribution in [-0.2, 0) is 16.9 Å². The van der Waals surface area contributed by atoms with Gasteiger partial charge in [0.2, 0.25) is 0 Å². The SMILES string of the molecule is CCS(=O)(=O)c1ccc(Cl)nc1-c1nc2cc(C)nnc2n1C. The Bertz CT molecular complexity index is 1010. The number of pyridine rings is 1. The second-order valence-electron chi connectivity index (χ2n) is 5.07. The number of hydrogen-bond acceptors (Lipinski definition) is 6. The van der Waals surface area contributed by atoms with Crippen LogP contribution in [0.2, 0.25) is 5.15 Å². The van der Waals surface area contributed by atoms with Gasteiger partial charge in [-0.2, -0.15) is 5.10 Å². The standard InChI is InChI=1S/C14H14ClN5O2S/c1-4-23(21,22)10-5-6-11(15)17-12(10)14-16-9-7-8(2)18-19-13(9)20(14)3/h5-7H,4H2,1-3H3. The van der Waals surface area contributed by atoms with Crippen LogP contribution in [0.1, 0.15) is 12.6 Å². The van der Waals surface area contributed by atoms with E-state index in [1.165, 1.54) is 12.1 Å². The fraction of sp³-hybridized carbons (Fsp3) is 0.286. The van der Waals surface area contributed by atoms with Gasteiger partial charge in [0.05, 0.1) is 16.3 Å². The van der Waals surface area contributed by atoms with Crippen LogP contribution in [0.5, 0.6) is 0 Å². The van der Waals surface area contributed by atoms with Crippen LogP contribution in [0, 0.1) is 6.92 Å². The van der Waals surface area contributed by atoms with Gasteiger partial charge in [-0.3, -0.25) is 0 Å². The third kappa shape index (κ3) is 2.68. The predicted molar refractivity (Wildman–Crippen MR) is 87.0 cm³/mol. The van der Waals surface area contributed by atoms with Crippen molar-refractivity contribution in [3.63, 3.8) is 0 Å². The molecule has 0 aromatic carbocycles. The molecule has 3 heterocycles. The maximum Gasteiger partial charge on any atom is 0.182 e. The lowest BCUT2D eigenvalue weighted by atomic mass is 10.3. The molecule has 7 nitrogen and oxygen atoms in total. The highest BCUT2D eigenvalue weighted by Crippen LogP contribution is 2.29.